The highest BCUT2D eigenvalue weighted by atomic mass is 15.2. The summed E-state index contributed by atoms with van der Waals surface area (Å²) in [7, 11) is 0. The third kappa shape index (κ3) is 3.81. The van der Waals surface area contributed by atoms with Gasteiger partial charge in [-0.1, -0.05) is 103 Å². The zero-order valence-corrected chi connectivity index (χ0v) is 26.6. The molecule has 3 heteroatoms. The highest BCUT2D eigenvalue weighted by Gasteiger charge is 2.26. The minimum Gasteiger partial charge on any atom is -0.310 e. The van der Waals surface area contributed by atoms with Gasteiger partial charge >= 0.3 is 0 Å². The number of benzene rings is 7. The summed E-state index contributed by atoms with van der Waals surface area (Å²) in [5, 5.41) is 3.71. The molecule has 228 valence electrons. The number of aromatic nitrogens is 2. The number of hydrogen-bond donors (Lipinski definition) is 0. The van der Waals surface area contributed by atoms with Crippen LogP contribution in [0.5, 0.6) is 0 Å². The molecular weight excluding hydrogens is 595 g/mol. The molecule has 0 bridgehead atoms. The lowest BCUT2D eigenvalue weighted by Gasteiger charge is -2.33. The van der Waals surface area contributed by atoms with Gasteiger partial charge in [0.25, 0.3) is 0 Å². The normalized spacial score (nSPS) is 12.8. The summed E-state index contributed by atoms with van der Waals surface area (Å²) in [5.41, 5.74) is 17.2. The largest absolute Gasteiger partial charge is 0.310 e. The van der Waals surface area contributed by atoms with E-state index in [1.54, 1.807) is 0 Å². The monoisotopic (exact) mass is 623 g/mol. The van der Waals surface area contributed by atoms with Crippen molar-refractivity contribution in [2.45, 2.75) is 6.42 Å². The topological polar surface area (TPSA) is 21.1 Å². The molecule has 49 heavy (non-hydrogen) atoms. The predicted molar refractivity (Wildman–Crippen MR) is 203 cm³/mol. The molecule has 0 spiro atoms. The molecule has 7 aromatic carbocycles. The Bertz CT molecular complexity index is 2810. The summed E-state index contributed by atoms with van der Waals surface area (Å²) in [6, 6.07) is 59.6. The zero-order valence-electron chi connectivity index (χ0n) is 26.6. The van der Waals surface area contributed by atoms with Crippen molar-refractivity contribution in [2.75, 3.05) is 4.90 Å². The molecule has 0 saturated carbocycles. The van der Waals surface area contributed by atoms with Crippen LogP contribution in [0.25, 0.3) is 71.9 Å². The molecule has 0 amide bonds. The van der Waals surface area contributed by atoms with Gasteiger partial charge in [-0.2, -0.15) is 0 Å². The van der Waals surface area contributed by atoms with E-state index in [2.05, 4.69) is 173 Å². The van der Waals surface area contributed by atoms with E-state index < -0.39 is 0 Å². The average molecular weight is 624 g/mol. The third-order valence-electron chi connectivity index (χ3n) is 10.5. The second kappa shape index (κ2) is 10.0. The molecule has 9 aromatic rings. The highest BCUT2D eigenvalue weighted by molar-refractivity contribution is 6.15. The summed E-state index contributed by atoms with van der Waals surface area (Å²) in [6.45, 7) is 0. The molecule has 2 aliphatic rings. The van der Waals surface area contributed by atoms with Crippen LogP contribution in [-0.2, 0) is 6.42 Å². The molecule has 3 heterocycles. The van der Waals surface area contributed by atoms with Crippen molar-refractivity contribution >= 4 is 49.8 Å². The van der Waals surface area contributed by atoms with Gasteiger partial charge < -0.3 is 4.90 Å². The van der Waals surface area contributed by atoms with Gasteiger partial charge in [0, 0.05) is 39.6 Å². The van der Waals surface area contributed by atoms with Gasteiger partial charge in [0.05, 0.1) is 16.6 Å². The van der Waals surface area contributed by atoms with E-state index in [4.69, 9.17) is 4.98 Å². The fraction of sp³-hybridized carbons (Fsp3) is 0.0217. The molecule has 0 N–H and O–H groups in total. The standard InChI is InChI=1S/C46H29N3/c1-2-12-33(13-3-1)48-41-19-8-4-11-31(41)26-32-25-29(21-23-42(32)48)30-22-24-44-38(27-30)36-16-7-9-20-43(36)49(44)45-28-39-35-15-6-5-14-34(35)37-17-10-18-40(47-45)46(37)39/h1-25,27-28H,26H2. The molecular formula is C46H29N3. The van der Waals surface area contributed by atoms with Gasteiger partial charge in [-0.05, 0) is 105 Å². The Hall–Kier alpha value is -6.45. The van der Waals surface area contributed by atoms with Crippen LogP contribution in [0.1, 0.15) is 11.1 Å². The van der Waals surface area contributed by atoms with Crippen molar-refractivity contribution in [1.82, 2.24) is 9.55 Å². The second-order valence-corrected chi connectivity index (χ2v) is 13.2. The fourth-order valence-electron chi connectivity index (χ4n) is 8.37. The van der Waals surface area contributed by atoms with Crippen molar-refractivity contribution in [3.63, 3.8) is 0 Å². The molecule has 3 nitrogen and oxygen atoms in total. The lowest BCUT2D eigenvalue weighted by atomic mass is 9.92. The minimum absolute atomic E-state index is 0.908. The molecule has 1 aliphatic heterocycles. The van der Waals surface area contributed by atoms with E-state index in [0.29, 0.717) is 0 Å². The highest BCUT2D eigenvalue weighted by Crippen LogP contribution is 2.48. The zero-order chi connectivity index (χ0) is 32.1. The molecule has 11 rings (SSSR count). The van der Waals surface area contributed by atoms with Crippen molar-refractivity contribution in [1.29, 1.82) is 0 Å². The number of rotatable bonds is 3. The van der Waals surface area contributed by atoms with Crippen molar-refractivity contribution < 1.29 is 0 Å². The quantitative estimate of drug-likeness (QED) is 0.195. The summed E-state index contributed by atoms with van der Waals surface area (Å²) in [6.07, 6.45) is 0.908. The first-order valence-corrected chi connectivity index (χ1v) is 16.9. The Morgan fingerprint density at radius 3 is 2.06 bits per heavy atom. The van der Waals surface area contributed by atoms with Crippen LogP contribution < -0.4 is 4.90 Å². The summed E-state index contributed by atoms with van der Waals surface area (Å²) in [5.74, 6) is 0.948. The number of para-hydroxylation sites is 3. The fourth-order valence-corrected chi connectivity index (χ4v) is 8.37. The lowest BCUT2D eigenvalue weighted by Crippen LogP contribution is -2.18. The molecule has 2 aromatic heterocycles. The smallest absolute Gasteiger partial charge is 0.138 e. The Kier molecular flexibility index (Phi) is 5.44. The summed E-state index contributed by atoms with van der Waals surface area (Å²) >= 11 is 0. The first-order chi connectivity index (χ1) is 24.3. The second-order valence-electron chi connectivity index (χ2n) is 13.2. The van der Waals surface area contributed by atoms with Crippen LogP contribution in [0.4, 0.5) is 17.1 Å². The number of pyridine rings is 1. The van der Waals surface area contributed by atoms with Gasteiger partial charge in [-0.3, -0.25) is 4.57 Å². The van der Waals surface area contributed by atoms with Gasteiger partial charge in [-0.25, -0.2) is 4.98 Å². The first-order valence-electron chi connectivity index (χ1n) is 16.9. The average Bonchev–Trinajstić information content (AvgIpc) is 3.67. The van der Waals surface area contributed by atoms with E-state index in [9.17, 15) is 0 Å². The number of anilines is 3. The van der Waals surface area contributed by atoms with E-state index in [1.807, 2.05) is 0 Å². The molecule has 0 atom stereocenters. The van der Waals surface area contributed by atoms with Crippen LogP contribution in [0.3, 0.4) is 0 Å². The Morgan fingerprint density at radius 1 is 0.449 bits per heavy atom. The van der Waals surface area contributed by atoms with Crippen molar-refractivity contribution in [3.8, 4) is 39.2 Å². The van der Waals surface area contributed by atoms with E-state index in [0.717, 1.165) is 28.8 Å². The maximum absolute atomic E-state index is 5.30. The van der Waals surface area contributed by atoms with Crippen LogP contribution in [0, 0.1) is 0 Å². The van der Waals surface area contributed by atoms with E-state index in [-0.39, 0.29) is 0 Å². The molecule has 1 aliphatic carbocycles. The van der Waals surface area contributed by atoms with Crippen LogP contribution in [-0.4, -0.2) is 9.55 Å². The minimum atomic E-state index is 0.908. The summed E-state index contributed by atoms with van der Waals surface area (Å²) in [4.78, 5) is 7.70. The maximum Gasteiger partial charge on any atom is 0.138 e. The Balaban J connectivity index is 1.08. The van der Waals surface area contributed by atoms with Gasteiger partial charge in [-0.15, -0.1) is 0 Å². The molecule has 0 fully saturated rings. The Morgan fingerprint density at radius 2 is 1.14 bits per heavy atom. The molecule has 0 saturated heterocycles. The third-order valence-corrected chi connectivity index (χ3v) is 10.5. The molecule has 0 unspecified atom stereocenters. The number of nitrogens with zero attached hydrogens (tertiary/aromatic N) is 3. The van der Waals surface area contributed by atoms with Crippen LogP contribution >= 0.6 is 0 Å². The van der Waals surface area contributed by atoms with Gasteiger partial charge in [0.2, 0.25) is 0 Å². The van der Waals surface area contributed by atoms with E-state index in [1.165, 1.54) is 77.7 Å². The van der Waals surface area contributed by atoms with Gasteiger partial charge in [0.1, 0.15) is 5.82 Å². The predicted octanol–water partition coefficient (Wildman–Crippen LogP) is 12.0. The molecule has 0 radical (unpaired) electrons. The van der Waals surface area contributed by atoms with Crippen LogP contribution in [0.2, 0.25) is 0 Å². The SMILES string of the molecule is c1ccc(N2c3ccccc3Cc3cc(-c4ccc5c(c4)c4ccccc4n5-c4cc5c6c(cccc6n4)-c4ccccc4-5)ccc32)cc1. The van der Waals surface area contributed by atoms with Crippen molar-refractivity contribution in [3.05, 3.63) is 175 Å². The van der Waals surface area contributed by atoms with E-state index >= 15 is 0 Å². The van der Waals surface area contributed by atoms with Gasteiger partial charge in [0.15, 0.2) is 0 Å². The number of fused-ring (bicyclic) bond motifs is 8. The maximum atomic E-state index is 5.30. The lowest BCUT2D eigenvalue weighted by molar-refractivity contribution is 1.09. The van der Waals surface area contributed by atoms with Crippen LogP contribution in [0.15, 0.2) is 164 Å². The number of hydrogen-bond acceptors (Lipinski definition) is 2. The Labute approximate surface area is 284 Å². The summed E-state index contributed by atoms with van der Waals surface area (Å²) < 4.78 is 2.35. The van der Waals surface area contributed by atoms with Crippen molar-refractivity contribution in [2.24, 2.45) is 0 Å². The first kappa shape index (κ1) is 26.6.